The lowest BCUT2D eigenvalue weighted by atomic mass is 10.2. The fourth-order valence-corrected chi connectivity index (χ4v) is 2.71. The third-order valence-corrected chi connectivity index (χ3v) is 4.19. The molecule has 7 nitrogen and oxygen atoms in total. The highest BCUT2D eigenvalue weighted by molar-refractivity contribution is 6.31. The van der Waals surface area contributed by atoms with Crippen LogP contribution in [0.4, 0.5) is 36.2 Å². The molecule has 0 aliphatic carbocycles. The molecule has 0 spiro atoms. The van der Waals surface area contributed by atoms with Gasteiger partial charge in [-0.15, -0.1) is 0 Å². The summed E-state index contributed by atoms with van der Waals surface area (Å²) in [4.78, 5) is 12.0. The van der Waals surface area contributed by atoms with Crippen LogP contribution in [-0.2, 0) is 12.7 Å². The Morgan fingerprint density at radius 2 is 1.96 bits per heavy atom. The Kier molecular flexibility index (Phi) is 5.88. The van der Waals surface area contributed by atoms with Crippen molar-refractivity contribution in [3.05, 3.63) is 53.8 Å². The lowest BCUT2D eigenvalue weighted by Crippen LogP contribution is -2.11. The van der Waals surface area contributed by atoms with Crippen molar-refractivity contribution < 1.29 is 13.2 Å². The summed E-state index contributed by atoms with van der Waals surface area (Å²) in [7, 11) is 0. The molecule has 2 aromatic heterocycles. The molecule has 0 radical (unpaired) electrons. The minimum absolute atomic E-state index is 0.160. The number of nitrogens with two attached hydrogens (primary N) is 1. The first kappa shape index (κ1) is 19.7. The molecule has 0 aliphatic rings. The van der Waals surface area contributed by atoms with Crippen LogP contribution in [0, 0.1) is 0 Å². The quantitative estimate of drug-likeness (QED) is 0.505. The van der Waals surface area contributed by atoms with Gasteiger partial charge in [-0.2, -0.15) is 13.2 Å². The molecular formula is C17H17ClF3N7. The van der Waals surface area contributed by atoms with Crippen LogP contribution < -0.4 is 16.4 Å². The molecule has 0 atom stereocenters. The maximum Gasteiger partial charge on any atom is 0.417 e. The van der Waals surface area contributed by atoms with Crippen molar-refractivity contribution in [3.8, 4) is 0 Å². The van der Waals surface area contributed by atoms with Crippen LogP contribution in [0.15, 0.2) is 43.2 Å². The van der Waals surface area contributed by atoms with Gasteiger partial charge in [0, 0.05) is 31.2 Å². The number of imidazole rings is 1. The lowest BCUT2D eigenvalue weighted by Gasteiger charge is -2.14. The molecule has 3 rings (SSSR count). The second kappa shape index (κ2) is 8.34. The van der Waals surface area contributed by atoms with Gasteiger partial charge in [0.1, 0.15) is 12.0 Å². The highest BCUT2D eigenvalue weighted by Crippen LogP contribution is 2.37. The van der Waals surface area contributed by atoms with Gasteiger partial charge in [0.15, 0.2) is 11.6 Å². The summed E-state index contributed by atoms with van der Waals surface area (Å²) in [6.45, 7) is 1.37. The lowest BCUT2D eigenvalue weighted by molar-refractivity contribution is -0.137. The molecule has 28 heavy (non-hydrogen) atoms. The van der Waals surface area contributed by atoms with Crippen molar-refractivity contribution in [1.29, 1.82) is 0 Å². The van der Waals surface area contributed by atoms with Crippen LogP contribution in [0.2, 0.25) is 5.02 Å². The van der Waals surface area contributed by atoms with E-state index in [1.54, 1.807) is 12.5 Å². The SMILES string of the molecule is Nc1c(NCCCn2ccnc2)ncnc1Nc1ccc(Cl)c(C(F)(F)F)c1. The Morgan fingerprint density at radius 1 is 1.18 bits per heavy atom. The Balaban J connectivity index is 1.67. The van der Waals surface area contributed by atoms with Crippen molar-refractivity contribution in [2.75, 3.05) is 22.9 Å². The average Bonchev–Trinajstić information content (AvgIpc) is 3.15. The number of alkyl halides is 3. The van der Waals surface area contributed by atoms with E-state index in [-0.39, 0.29) is 22.2 Å². The van der Waals surface area contributed by atoms with Crippen LogP contribution in [0.5, 0.6) is 0 Å². The highest BCUT2D eigenvalue weighted by atomic mass is 35.5. The molecule has 11 heteroatoms. The van der Waals surface area contributed by atoms with Gasteiger partial charge in [-0.25, -0.2) is 15.0 Å². The number of anilines is 4. The molecule has 1 aromatic carbocycles. The number of benzene rings is 1. The predicted octanol–water partition coefficient (Wildman–Crippen LogP) is 4.17. The fraction of sp³-hybridized carbons (Fsp3) is 0.235. The summed E-state index contributed by atoms with van der Waals surface area (Å²) in [6.07, 6.45) is 2.81. The van der Waals surface area contributed by atoms with Gasteiger partial charge >= 0.3 is 6.18 Å². The Morgan fingerprint density at radius 3 is 2.68 bits per heavy atom. The zero-order valence-corrected chi connectivity index (χ0v) is 15.3. The number of nitrogens with zero attached hydrogens (tertiary/aromatic N) is 4. The molecular weight excluding hydrogens is 395 g/mol. The van der Waals surface area contributed by atoms with Crippen LogP contribution in [-0.4, -0.2) is 26.1 Å². The van der Waals surface area contributed by atoms with Gasteiger partial charge in [-0.1, -0.05) is 11.6 Å². The van der Waals surface area contributed by atoms with E-state index in [0.29, 0.717) is 12.4 Å². The van der Waals surface area contributed by atoms with Crippen molar-refractivity contribution in [3.63, 3.8) is 0 Å². The molecule has 2 heterocycles. The fourth-order valence-electron chi connectivity index (χ4n) is 2.48. The topological polar surface area (TPSA) is 93.7 Å². The predicted molar refractivity (Wildman–Crippen MR) is 102 cm³/mol. The largest absolute Gasteiger partial charge is 0.417 e. The number of halogens is 4. The monoisotopic (exact) mass is 411 g/mol. The van der Waals surface area contributed by atoms with Crippen molar-refractivity contribution in [1.82, 2.24) is 19.5 Å². The minimum Gasteiger partial charge on any atom is -0.393 e. The number of hydrogen-bond donors (Lipinski definition) is 3. The highest BCUT2D eigenvalue weighted by Gasteiger charge is 2.33. The van der Waals surface area contributed by atoms with E-state index in [1.165, 1.54) is 18.5 Å². The van der Waals surface area contributed by atoms with Gasteiger partial charge in [0.05, 0.1) is 16.9 Å². The number of rotatable bonds is 7. The molecule has 148 valence electrons. The van der Waals surface area contributed by atoms with E-state index < -0.39 is 11.7 Å². The number of nitrogens with one attached hydrogen (secondary N) is 2. The van der Waals surface area contributed by atoms with E-state index in [4.69, 9.17) is 17.3 Å². The molecule has 0 amide bonds. The van der Waals surface area contributed by atoms with Crippen molar-refractivity contribution in [2.24, 2.45) is 0 Å². The third kappa shape index (κ3) is 4.83. The Hall–Kier alpha value is -3.01. The maximum atomic E-state index is 13.0. The average molecular weight is 412 g/mol. The number of nitrogen functional groups attached to an aromatic ring is 1. The summed E-state index contributed by atoms with van der Waals surface area (Å²) < 4.78 is 41.0. The van der Waals surface area contributed by atoms with E-state index >= 15 is 0 Å². The van der Waals surface area contributed by atoms with Gasteiger partial charge in [0.25, 0.3) is 0 Å². The standard InChI is InChI=1S/C17H17ClF3N7/c18-13-3-2-11(8-12(13)17(19,20)21)27-16-14(22)15(25-9-26-16)24-4-1-6-28-7-5-23-10-28/h2-3,5,7-10H,1,4,6,22H2,(H2,24,25,26,27). The molecule has 0 saturated heterocycles. The zero-order chi connectivity index (χ0) is 20.1. The molecule has 4 N–H and O–H groups in total. The van der Waals surface area contributed by atoms with Crippen LogP contribution in [0.3, 0.4) is 0 Å². The summed E-state index contributed by atoms with van der Waals surface area (Å²) in [6, 6.07) is 3.48. The van der Waals surface area contributed by atoms with Gasteiger partial charge in [0.2, 0.25) is 0 Å². The second-order valence-corrected chi connectivity index (χ2v) is 6.29. The van der Waals surface area contributed by atoms with E-state index in [2.05, 4.69) is 25.6 Å². The first-order valence-corrected chi connectivity index (χ1v) is 8.66. The molecule has 0 unspecified atom stereocenters. The normalized spacial score (nSPS) is 11.4. The van der Waals surface area contributed by atoms with Crippen LogP contribution in [0.25, 0.3) is 0 Å². The van der Waals surface area contributed by atoms with Gasteiger partial charge in [-0.05, 0) is 24.6 Å². The van der Waals surface area contributed by atoms with Gasteiger partial charge < -0.3 is 20.9 Å². The van der Waals surface area contributed by atoms with Gasteiger partial charge in [-0.3, -0.25) is 0 Å². The second-order valence-electron chi connectivity index (χ2n) is 5.88. The first-order valence-electron chi connectivity index (χ1n) is 8.28. The molecule has 0 aliphatic heterocycles. The molecule has 0 saturated carbocycles. The Bertz CT molecular complexity index is 929. The number of aromatic nitrogens is 4. The van der Waals surface area contributed by atoms with Crippen LogP contribution >= 0.6 is 11.6 Å². The first-order chi connectivity index (χ1) is 13.3. The Labute approximate surface area is 163 Å². The van der Waals surface area contributed by atoms with Crippen molar-refractivity contribution in [2.45, 2.75) is 19.1 Å². The number of hydrogen-bond acceptors (Lipinski definition) is 6. The number of aryl methyl sites for hydroxylation is 1. The van der Waals surface area contributed by atoms with E-state index in [0.717, 1.165) is 19.0 Å². The van der Waals surface area contributed by atoms with E-state index in [1.807, 2.05) is 10.8 Å². The minimum atomic E-state index is -4.56. The smallest absolute Gasteiger partial charge is 0.393 e. The summed E-state index contributed by atoms with van der Waals surface area (Å²) in [5, 5.41) is 5.49. The third-order valence-electron chi connectivity index (χ3n) is 3.86. The molecule has 0 bridgehead atoms. The molecule has 3 aromatic rings. The summed E-state index contributed by atoms with van der Waals surface area (Å²) in [5.41, 5.74) is 5.47. The zero-order valence-electron chi connectivity index (χ0n) is 14.5. The summed E-state index contributed by atoms with van der Waals surface area (Å²) in [5.74, 6) is 0.593. The molecule has 0 fully saturated rings. The van der Waals surface area contributed by atoms with Crippen molar-refractivity contribution >= 4 is 34.6 Å². The summed E-state index contributed by atoms with van der Waals surface area (Å²) >= 11 is 5.63. The van der Waals surface area contributed by atoms with E-state index in [9.17, 15) is 13.2 Å². The maximum absolute atomic E-state index is 13.0. The van der Waals surface area contributed by atoms with Crippen LogP contribution in [0.1, 0.15) is 12.0 Å².